The van der Waals surface area contributed by atoms with E-state index < -0.39 is 15.6 Å². The quantitative estimate of drug-likeness (QED) is 0.675. The molecular formula is C16H27N3O3S. The van der Waals surface area contributed by atoms with Crippen LogP contribution >= 0.6 is 0 Å². The van der Waals surface area contributed by atoms with Crippen LogP contribution in [0.5, 0.6) is 0 Å². The first kappa shape index (κ1) is 19.6. The van der Waals surface area contributed by atoms with Gasteiger partial charge in [-0.1, -0.05) is 26.3 Å². The van der Waals surface area contributed by atoms with Gasteiger partial charge in [0.15, 0.2) is 0 Å². The molecular weight excluding hydrogens is 314 g/mol. The van der Waals surface area contributed by atoms with Crippen LogP contribution in [-0.2, 0) is 14.8 Å². The Bertz CT molecular complexity index is 642. The highest BCUT2D eigenvalue weighted by atomic mass is 32.2. The van der Waals surface area contributed by atoms with Crippen LogP contribution in [0.3, 0.4) is 0 Å². The van der Waals surface area contributed by atoms with Crippen LogP contribution < -0.4 is 15.8 Å². The van der Waals surface area contributed by atoms with Gasteiger partial charge in [0.2, 0.25) is 15.9 Å². The van der Waals surface area contributed by atoms with Crippen molar-refractivity contribution in [3.8, 4) is 0 Å². The molecule has 2 atom stereocenters. The first-order chi connectivity index (χ1) is 10.6. The molecule has 0 aliphatic heterocycles. The topological polar surface area (TPSA) is 101 Å². The summed E-state index contributed by atoms with van der Waals surface area (Å²) in [6.07, 6.45) is 2.03. The maximum absolute atomic E-state index is 12.3. The number of benzene rings is 1. The van der Waals surface area contributed by atoms with Crippen LogP contribution in [0.15, 0.2) is 29.2 Å². The molecule has 0 heterocycles. The third-order valence-corrected chi connectivity index (χ3v) is 5.25. The van der Waals surface area contributed by atoms with E-state index in [9.17, 15) is 13.2 Å². The minimum absolute atomic E-state index is 0.116. The number of hydrogen-bond acceptors (Lipinski definition) is 4. The number of anilines is 1. The Morgan fingerprint density at radius 1 is 1.35 bits per heavy atom. The lowest BCUT2D eigenvalue weighted by atomic mass is 9.96. The maximum Gasteiger partial charge on any atom is 0.244 e. The van der Waals surface area contributed by atoms with Crippen molar-refractivity contribution in [2.75, 3.05) is 5.32 Å². The fraction of sp³-hybridized carbons (Fsp3) is 0.562. The molecule has 4 N–H and O–H groups in total. The molecule has 0 fully saturated rings. The molecule has 1 rings (SSSR count). The zero-order chi connectivity index (χ0) is 17.7. The van der Waals surface area contributed by atoms with E-state index in [0.717, 1.165) is 6.42 Å². The van der Waals surface area contributed by atoms with Crippen LogP contribution in [-0.4, -0.2) is 25.9 Å². The van der Waals surface area contributed by atoms with Crippen molar-refractivity contribution in [2.45, 2.75) is 63.4 Å². The number of sulfonamides is 1. The molecule has 2 unspecified atom stereocenters. The predicted molar refractivity (Wildman–Crippen MR) is 92.6 cm³/mol. The number of nitrogens with two attached hydrogens (primary N) is 1. The van der Waals surface area contributed by atoms with Gasteiger partial charge in [-0.25, -0.2) is 13.1 Å². The molecule has 23 heavy (non-hydrogen) atoms. The second-order valence-corrected chi connectivity index (χ2v) is 7.79. The van der Waals surface area contributed by atoms with Crippen molar-refractivity contribution >= 4 is 21.6 Å². The highest BCUT2D eigenvalue weighted by Crippen LogP contribution is 2.18. The Morgan fingerprint density at radius 3 is 2.57 bits per heavy atom. The van der Waals surface area contributed by atoms with E-state index in [2.05, 4.69) is 10.0 Å². The summed E-state index contributed by atoms with van der Waals surface area (Å²) in [5, 5.41) is 2.69. The van der Waals surface area contributed by atoms with Crippen molar-refractivity contribution < 1.29 is 13.2 Å². The van der Waals surface area contributed by atoms with Crippen molar-refractivity contribution in [3.05, 3.63) is 24.3 Å². The Labute approximate surface area is 138 Å². The van der Waals surface area contributed by atoms with Gasteiger partial charge in [-0.15, -0.1) is 0 Å². The minimum Gasteiger partial charge on any atom is -0.324 e. The van der Waals surface area contributed by atoms with Crippen LogP contribution in [0, 0.1) is 0 Å². The third kappa shape index (κ3) is 5.60. The molecule has 6 nitrogen and oxygen atoms in total. The summed E-state index contributed by atoms with van der Waals surface area (Å²) in [6, 6.07) is 6.00. The number of hydrogen-bond donors (Lipinski definition) is 3. The van der Waals surface area contributed by atoms with Crippen molar-refractivity contribution in [2.24, 2.45) is 5.73 Å². The summed E-state index contributed by atoms with van der Waals surface area (Å²) >= 11 is 0. The zero-order valence-corrected chi connectivity index (χ0v) is 15.0. The Hall–Kier alpha value is -1.44. The average molecular weight is 341 g/mol. The molecule has 0 aliphatic rings. The van der Waals surface area contributed by atoms with Crippen molar-refractivity contribution in [1.82, 2.24) is 4.72 Å². The van der Waals surface area contributed by atoms with Gasteiger partial charge in [0.05, 0.1) is 10.4 Å². The molecule has 0 radical (unpaired) electrons. The largest absolute Gasteiger partial charge is 0.324 e. The molecule has 1 aromatic rings. The van der Waals surface area contributed by atoms with Gasteiger partial charge in [-0.2, -0.15) is 0 Å². The van der Waals surface area contributed by atoms with Gasteiger partial charge >= 0.3 is 0 Å². The third-order valence-electron chi connectivity index (χ3n) is 3.66. The molecule has 0 bridgehead atoms. The van der Waals surface area contributed by atoms with Crippen molar-refractivity contribution in [3.63, 3.8) is 0 Å². The minimum atomic E-state index is -3.61. The van der Waals surface area contributed by atoms with E-state index in [-0.39, 0.29) is 16.8 Å². The smallest absolute Gasteiger partial charge is 0.244 e. The monoisotopic (exact) mass is 341 g/mol. The Kier molecular flexibility index (Phi) is 6.73. The first-order valence-corrected chi connectivity index (χ1v) is 9.33. The molecule has 0 spiro atoms. The fourth-order valence-electron chi connectivity index (χ4n) is 2.06. The average Bonchev–Trinajstić information content (AvgIpc) is 2.46. The van der Waals surface area contributed by atoms with Gasteiger partial charge in [0.1, 0.15) is 0 Å². The van der Waals surface area contributed by atoms with Crippen LogP contribution in [0.2, 0.25) is 0 Å². The summed E-state index contributed by atoms with van der Waals surface area (Å²) in [4.78, 5) is 12.3. The van der Waals surface area contributed by atoms with Gasteiger partial charge < -0.3 is 11.1 Å². The number of carbonyl (C=O) groups excluding carboxylic acids is 1. The molecule has 0 saturated carbocycles. The highest BCUT2D eigenvalue weighted by Gasteiger charge is 2.27. The lowest BCUT2D eigenvalue weighted by Gasteiger charge is -2.23. The lowest BCUT2D eigenvalue weighted by Crippen LogP contribution is -2.48. The van der Waals surface area contributed by atoms with E-state index in [0.29, 0.717) is 18.5 Å². The van der Waals surface area contributed by atoms with Gasteiger partial charge in [0.25, 0.3) is 0 Å². The van der Waals surface area contributed by atoms with Gasteiger partial charge in [0, 0.05) is 11.7 Å². The highest BCUT2D eigenvalue weighted by molar-refractivity contribution is 7.89. The maximum atomic E-state index is 12.3. The van der Waals surface area contributed by atoms with Crippen LogP contribution in [0.4, 0.5) is 5.69 Å². The molecule has 1 aromatic carbocycles. The Morgan fingerprint density at radius 2 is 2.00 bits per heavy atom. The van der Waals surface area contributed by atoms with E-state index >= 15 is 0 Å². The van der Waals surface area contributed by atoms with Gasteiger partial charge in [-0.05, 0) is 44.9 Å². The molecule has 1 amide bonds. The molecule has 7 heteroatoms. The summed E-state index contributed by atoms with van der Waals surface area (Å²) in [7, 11) is -3.61. The molecule has 0 saturated heterocycles. The number of amides is 1. The number of nitrogens with one attached hydrogen (secondary N) is 2. The van der Waals surface area contributed by atoms with Crippen molar-refractivity contribution in [1.29, 1.82) is 0 Å². The molecule has 0 aliphatic carbocycles. The van der Waals surface area contributed by atoms with E-state index in [1.165, 1.54) is 12.1 Å². The molecule has 0 aromatic heterocycles. The van der Waals surface area contributed by atoms with Gasteiger partial charge in [-0.3, -0.25) is 4.79 Å². The first-order valence-electron chi connectivity index (χ1n) is 7.85. The standard InChI is InChI=1S/C16H27N3O3S/c1-5-10-16(4,17)15(20)18-13-8-7-9-14(11-13)23(21,22)19-12(3)6-2/h7-9,11-12,19H,5-6,10,17H2,1-4H3,(H,18,20). The summed E-state index contributed by atoms with van der Waals surface area (Å²) in [5.41, 5.74) is 5.41. The number of rotatable bonds is 8. The summed E-state index contributed by atoms with van der Waals surface area (Å²) in [5.74, 6) is -0.330. The second kappa shape index (κ2) is 7.90. The van der Waals surface area contributed by atoms with Crippen LogP contribution in [0.1, 0.15) is 47.0 Å². The predicted octanol–water partition coefficient (Wildman–Crippen LogP) is 2.22. The van der Waals surface area contributed by atoms with E-state index in [1.54, 1.807) is 26.0 Å². The molecule has 130 valence electrons. The van der Waals surface area contributed by atoms with E-state index in [4.69, 9.17) is 5.73 Å². The fourth-order valence-corrected chi connectivity index (χ4v) is 3.44. The zero-order valence-electron chi connectivity index (χ0n) is 14.2. The van der Waals surface area contributed by atoms with Crippen LogP contribution in [0.25, 0.3) is 0 Å². The number of carbonyl (C=O) groups is 1. The Balaban J connectivity index is 2.95. The summed E-state index contributed by atoms with van der Waals surface area (Å²) < 4.78 is 27.2. The lowest BCUT2D eigenvalue weighted by molar-refractivity contribution is -0.120. The van der Waals surface area contributed by atoms with E-state index in [1.807, 2.05) is 13.8 Å². The second-order valence-electron chi connectivity index (χ2n) is 6.08. The summed E-state index contributed by atoms with van der Waals surface area (Å²) in [6.45, 7) is 7.32. The normalized spacial score (nSPS) is 15.7. The SMILES string of the molecule is CCCC(C)(N)C(=O)Nc1cccc(S(=O)(=O)NC(C)CC)c1.